The lowest BCUT2D eigenvalue weighted by atomic mass is 9.99. The molecule has 0 saturated heterocycles. The average molecular weight is 470 g/mol. The molecule has 0 fully saturated rings. The number of aromatic nitrogens is 3. The predicted molar refractivity (Wildman–Crippen MR) is 119 cm³/mol. The highest BCUT2D eigenvalue weighted by Gasteiger charge is 2.07. The van der Waals surface area contributed by atoms with Crippen LogP contribution in [0.25, 0.3) is 11.4 Å². The lowest BCUT2D eigenvalue weighted by molar-refractivity contribution is 0.443. The lowest BCUT2D eigenvalue weighted by Gasteiger charge is -2.18. The normalized spacial score (nSPS) is 12.3. The van der Waals surface area contributed by atoms with Crippen LogP contribution in [0.5, 0.6) is 0 Å². The van der Waals surface area contributed by atoms with Crippen LogP contribution >= 0.6 is 24.0 Å². The van der Waals surface area contributed by atoms with Gasteiger partial charge in [-0.15, -0.1) is 24.0 Å². The summed E-state index contributed by atoms with van der Waals surface area (Å²) in [6.07, 6.45) is 6.54. The van der Waals surface area contributed by atoms with E-state index in [9.17, 15) is 0 Å². The van der Waals surface area contributed by atoms with Crippen LogP contribution in [0, 0.1) is 5.92 Å². The Morgan fingerprint density at radius 2 is 2.12 bits per heavy atom. The molecule has 6 nitrogen and oxygen atoms in total. The third-order valence-corrected chi connectivity index (χ3v) is 4.40. The number of aromatic amines is 1. The number of H-pyrrole nitrogens is 1. The first-order chi connectivity index (χ1) is 12.3. The van der Waals surface area contributed by atoms with Gasteiger partial charge in [0, 0.05) is 25.7 Å². The highest BCUT2D eigenvalue weighted by atomic mass is 127. The first kappa shape index (κ1) is 22.4. The van der Waals surface area contributed by atoms with Gasteiger partial charge in [-0.2, -0.15) is 5.10 Å². The van der Waals surface area contributed by atoms with Gasteiger partial charge in [0.15, 0.2) is 11.8 Å². The fourth-order valence-electron chi connectivity index (χ4n) is 2.76. The molecule has 0 saturated carbocycles. The van der Waals surface area contributed by atoms with Crippen LogP contribution in [0.4, 0.5) is 0 Å². The Bertz CT molecular complexity index is 641. The largest absolute Gasteiger partial charge is 0.356 e. The second-order valence-electron chi connectivity index (χ2n) is 6.26. The second kappa shape index (κ2) is 12.7. The number of hydrogen-bond donors (Lipinski definition) is 3. The van der Waals surface area contributed by atoms with E-state index in [1.54, 1.807) is 0 Å². The van der Waals surface area contributed by atoms with Gasteiger partial charge >= 0.3 is 0 Å². The molecular formula is C19H31IN6. The van der Waals surface area contributed by atoms with Crippen molar-refractivity contribution in [3.8, 4) is 11.4 Å². The third kappa shape index (κ3) is 7.31. The third-order valence-electron chi connectivity index (χ3n) is 4.40. The van der Waals surface area contributed by atoms with E-state index in [-0.39, 0.29) is 24.0 Å². The summed E-state index contributed by atoms with van der Waals surface area (Å²) in [6.45, 7) is 6.18. The zero-order valence-corrected chi connectivity index (χ0v) is 18.3. The maximum atomic E-state index is 4.33. The Morgan fingerprint density at radius 3 is 2.77 bits per heavy atom. The van der Waals surface area contributed by atoms with Gasteiger partial charge in [0.2, 0.25) is 0 Å². The molecule has 3 N–H and O–H groups in total. The summed E-state index contributed by atoms with van der Waals surface area (Å²) < 4.78 is 0. The Hall–Kier alpha value is -1.64. The van der Waals surface area contributed by atoms with Crippen molar-refractivity contribution in [3.63, 3.8) is 0 Å². The van der Waals surface area contributed by atoms with Crippen LogP contribution < -0.4 is 10.6 Å². The number of guanidine groups is 1. The number of halogens is 1. The smallest absolute Gasteiger partial charge is 0.191 e. The van der Waals surface area contributed by atoms with Crippen LogP contribution in [0.2, 0.25) is 0 Å². The summed E-state index contributed by atoms with van der Waals surface area (Å²) in [5, 5.41) is 13.6. The molecule has 1 unspecified atom stereocenters. The quantitative estimate of drug-likeness (QED) is 0.295. The standard InChI is InChI=1S/C19H30N6.HI/c1-4-6-8-15(5-2)12-21-19(20-3)22-13-16-9-7-10-17(11-16)18-23-14-24-25-18;/h7,9-11,14-15H,4-6,8,12-13H2,1-3H3,(H2,20,21,22)(H,23,24,25);1H. The summed E-state index contributed by atoms with van der Waals surface area (Å²) in [4.78, 5) is 8.53. The Kier molecular flexibility index (Phi) is 10.9. The molecule has 1 aromatic heterocycles. The fraction of sp³-hybridized carbons (Fsp3) is 0.526. The van der Waals surface area contributed by atoms with Crippen LogP contribution in [0.15, 0.2) is 35.6 Å². The summed E-state index contributed by atoms with van der Waals surface area (Å²) in [6, 6.07) is 8.26. The van der Waals surface area contributed by atoms with Crippen molar-refractivity contribution in [2.24, 2.45) is 10.9 Å². The molecular weight excluding hydrogens is 439 g/mol. The van der Waals surface area contributed by atoms with Gasteiger partial charge in [0.25, 0.3) is 0 Å². The number of hydrogen-bond acceptors (Lipinski definition) is 3. The van der Waals surface area contributed by atoms with E-state index in [0.717, 1.165) is 23.9 Å². The van der Waals surface area contributed by atoms with Crippen molar-refractivity contribution >= 4 is 29.9 Å². The zero-order chi connectivity index (χ0) is 17.9. The van der Waals surface area contributed by atoms with Crippen molar-refractivity contribution in [2.45, 2.75) is 46.1 Å². The van der Waals surface area contributed by atoms with E-state index in [2.05, 4.69) is 56.8 Å². The monoisotopic (exact) mass is 470 g/mol. The maximum Gasteiger partial charge on any atom is 0.191 e. The van der Waals surface area contributed by atoms with Crippen molar-refractivity contribution < 1.29 is 0 Å². The second-order valence-corrected chi connectivity index (χ2v) is 6.26. The molecule has 1 atom stereocenters. The SMILES string of the molecule is CCCCC(CC)CNC(=NC)NCc1cccc(-c2ncn[nH]2)c1.I. The number of benzene rings is 1. The van der Waals surface area contributed by atoms with E-state index in [4.69, 9.17) is 0 Å². The van der Waals surface area contributed by atoms with Crippen LogP contribution in [-0.4, -0.2) is 34.7 Å². The molecule has 144 valence electrons. The van der Waals surface area contributed by atoms with Crippen LogP contribution in [-0.2, 0) is 6.54 Å². The van der Waals surface area contributed by atoms with E-state index in [1.165, 1.54) is 37.6 Å². The maximum absolute atomic E-state index is 4.33. The topological polar surface area (TPSA) is 78.0 Å². The molecule has 2 aromatic rings. The van der Waals surface area contributed by atoms with Gasteiger partial charge in [-0.3, -0.25) is 10.1 Å². The molecule has 0 radical (unpaired) electrons. The molecule has 2 rings (SSSR count). The minimum atomic E-state index is 0. The van der Waals surface area contributed by atoms with Gasteiger partial charge in [0.1, 0.15) is 6.33 Å². The molecule has 0 amide bonds. The van der Waals surface area contributed by atoms with E-state index >= 15 is 0 Å². The summed E-state index contributed by atoms with van der Waals surface area (Å²) in [5.41, 5.74) is 2.21. The molecule has 1 aromatic carbocycles. The average Bonchev–Trinajstić information content (AvgIpc) is 3.19. The molecule has 0 bridgehead atoms. The summed E-state index contributed by atoms with van der Waals surface area (Å²) in [7, 11) is 1.81. The zero-order valence-electron chi connectivity index (χ0n) is 16.0. The number of nitrogens with zero attached hydrogens (tertiary/aromatic N) is 3. The highest BCUT2D eigenvalue weighted by Crippen LogP contribution is 2.15. The molecule has 0 aliphatic heterocycles. The molecule has 0 spiro atoms. The van der Waals surface area contributed by atoms with Gasteiger partial charge in [0.05, 0.1) is 0 Å². The fourth-order valence-corrected chi connectivity index (χ4v) is 2.76. The molecule has 1 heterocycles. The summed E-state index contributed by atoms with van der Waals surface area (Å²) in [5.74, 6) is 2.33. The van der Waals surface area contributed by atoms with Gasteiger partial charge in [-0.05, 0) is 24.0 Å². The Labute approximate surface area is 173 Å². The molecule has 26 heavy (non-hydrogen) atoms. The van der Waals surface area contributed by atoms with Crippen molar-refractivity contribution in [1.82, 2.24) is 25.8 Å². The Balaban J connectivity index is 0.00000338. The minimum absolute atomic E-state index is 0. The van der Waals surface area contributed by atoms with E-state index < -0.39 is 0 Å². The molecule has 0 aliphatic rings. The van der Waals surface area contributed by atoms with Crippen molar-refractivity contribution in [3.05, 3.63) is 36.2 Å². The number of unbranched alkanes of at least 4 members (excludes halogenated alkanes) is 1. The molecule has 7 heteroatoms. The molecule has 0 aliphatic carbocycles. The first-order valence-corrected chi connectivity index (χ1v) is 9.16. The van der Waals surface area contributed by atoms with Crippen LogP contribution in [0.1, 0.15) is 45.1 Å². The lowest BCUT2D eigenvalue weighted by Crippen LogP contribution is -2.39. The van der Waals surface area contributed by atoms with Crippen LogP contribution in [0.3, 0.4) is 0 Å². The van der Waals surface area contributed by atoms with E-state index in [1.807, 2.05) is 19.2 Å². The van der Waals surface area contributed by atoms with E-state index in [0.29, 0.717) is 12.5 Å². The minimum Gasteiger partial charge on any atom is -0.356 e. The first-order valence-electron chi connectivity index (χ1n) is 9.16. The predicted octanol–water partition coefficient (Wildman–Crippen LogP) is 3.97. The number of rotatable bonds is 9. The van der Waals surface area contributed by atoms with Crippen molar-refractivity contribution in [2.75, 3.05) is 13.6 Å². The van der Waals surface area contributed by atoms with Crippen molar-refractivity contribution in [1.29, 1.82) is 0 Å². The highest BCUT2D eigenvalue weighted by molar-refractivity contribution is 14.0. The Morgan fingerprint density at radius 1 is 1.27 bits per heavy atom. The summed E-state index contributed by atoms with van der Waals surface area (Å²) >= 11 is 0. The number of aliphatic imine (C=N–C) groups is 1. The number of nitrogens with one attached hydrogen (secondary N) is 3. The van der Waals surface area contributed by atoms with Gasteiger partial charge in [-0.1, -0.05) is 51.3 Å². The van der Waals surface area contributed by atoms with Gasteiger partial charge < -0.3 is 10.6 Å². The van der Waals surface area contributed by atoms with Gasteiger partial charge in [-0.25, -0.2) is 4.98 Å².